The van der Waals surface area contributed by atoms with Crippen molar-refractivity contribution >= 4 is 23.6 Å². The third-order valence-electron chi connectivity index (χ3n) is 5.64. The SMILES string of the molecule is COC(=O)c1ccc(OC(=O)c2oc3c(c2C)/C(=N/NC(=O)c2ccc(OC)cc2)CCC3)cc1. The standard InChI is InChI=1S/C26H24N2O7/c1-15-22-20(27-28-24(29)16-7-11-18(32-2)12-8-16)5-4-6-21(22)35-23(15)26(31)34-19-13-9-17(10-14-19)25(30)33-3/h7-14H,4-6H2,1-3H3,(H,28,29)/b27-20+. The molecule has 2 aromatic carbocycles. The summed E-state index contributed by atoms with van der Waals surface area (Å²) in [7, 11) is 2.85. The molecule has 9 nitrogen and oxygen atoms in total. The normalized spacial score (nSPS) is 13.6. The van der Waals surface area contributed by atoms with Crippen LogP contribution < -0.4 is 14.9 Å². The number of nitrogens with zero attached hydrogens (tertiary/aromatic N) is 1. The summed E-state index contributed by atoms with van der Waals surface area (Å²) in [5, 5.41) is 4.33. The number of furan rings is 1. The molecule has 4 rings (SSSR count). The first-order valence-corrected chi connectivity index (χ1v) is 11.0. The van der Waals surface area contributed by atoms with Crippen LogP contribution in [0.2, 0.25) is 0 Å². The molecule has 1 aliphatic rings. The molecule has 1 aromatic heterocycles. The number of rotatable bonds is 6. The summed E-state index contributed by atoms with van der Waals surface area (Å²) in [5.74, 6) is 0.105. The molecule has 0 aliphatic heterocycles. The van der Waals surface area contributed by atoms with Crippen LogP contribution in [0.25, 0.3) is 0 Å². The average molecular weight is 476 g/mol. The Morgan fingerprint density at radius 1 is 0.886 bits per heavy atom. The van der Waals surface area contributed by atoms with E-state index in [4.69, 9.17) is 13.9 Å². The number of benzene rings is 2. The van der Waals surface area contributed by atoms with Crippen LogP contribution in [0.4, 0.5) is 0 Å². The fraction of sp³-hybridized carbons (Fsp3) is 0.231. The predicted molar refractivity (Wildman–Crippen MR) is 126 cm³/mol. The smallest absolute Gasteiger partial charge is 0.379 e. The maximum atomic E-state index is 12.8. The molecule has 9 heteroatoms. The van der Waals surface area contributed by atoms with Crippen LogP contribution in [0.3, 0.4) is 0 Å². The molecule has 1 amide bonds. The summed E-state index contributed by atoms with van der Waals surface area (Å²) in [6.45, 7) is 1.76. The van der Waals surface area contributed by atoms with Gasteiger partial charge in [-0.1, -0.05) is 0 Å². The predicted octanol–water partition coefficient (Wildman–Crippen LogP) is 4.07. The van der Waals surface area contributed by atoms with Crippen molar-refractivity contribution in [2.75, 3.05) is 14.2 Å². The lowest BCUT2D eigenvalue weighted by Gasteiger charge is -2.13. The fourth-order valence-corrected chi connectivity index (χ4v) is 3.83. The number of esters is 2. The highest BCUT2D eigenvalue weighted by molar-refractivity contribution is 6.06. The zero-order chi connectivity index (χ0) is 24.9. The summed E-state index contributed by atoms with van der Waals surface area (Å²) in [6, 6.07) is 12.7. The van der Waals surface area contributed by atoms with Crippen molar-refractivity contribution in [3.63, 3.8) is 0 Å². The average Bonchev–Trinajstić information content (AvgIpc) is 3.24. The van der Waals surface area contributed by atoms with Crippen LogP contribution in [0.5, 0.6) is 11.5 Å². The maximum absolute atomic E-state index is 12.8. The van der Waals surface area contributed by atoms with E-state index in [1.807, 2.05) is 0 Å². The first-order valence-electron chi connectivity index (χ1n) is 11.0. The van der Waals surface area contributed by atoms with Crippen molar-refractivity contribution < 1.29 is 33.0 Å². The van der Waals surface area contributed by atoms with E-state index in [2.05, 4.69) is 15.3 Å². The molecule has 0 fully saturated rings. The number of nitrogens with one attached hydrogen (secondary N) is 1. The molecule has 1 heterocycles. The number of aryl methyl sites for hydroxylation is 1. The highest BCUT2D eigenvalue weighted by Gasteiger charge is 2.29. The van der Waals surface area contributed by atoms with Gasteiger partial charge in [-0.3, -0.25) is 4.79 Å². The molecule has 0 spiro atoms. The molecule has 1 aliphatic carbocycles. The van der Waals surface area contributed by atoms with Gasteiger partial charge in [-0.2, -0.15) is 5.10 Å². The molecule has 35 heavy (non-hydrogen) atoms. The van der Waals surface area contributed by atoms with Crippen LogP contribution >= 0.6 is 0 Å². The summed E-state index contributed by atoms with van der Waals surface area (Å²) < 4.78 is 21.0. The molecule has 0 radical (unpaired) electrons. The second kappa shape index (κ2) is 10.3. The van der Waals surface area contributed by atoms with E-state index in [-0.39, 0.29) is 17.4 Å². The third kappa shape index (κ3) is 5.08. The molecular weight excluding hydrogens is 452 g/mol. The molecule has 0 unspecified atom stereocenters. The van der Waals surface area contributed by atoms with Gasteiger partial charge < -0.3 is 18.6 Å². The number of carbonyl (C=O) groups excluding carboxylic acids is 3. The van der Waals surface area contributed by atoms with E-state index in [1.54, 1.807) is 38.3 Å². The van der Waals surface area contributed by atoms with E-state index in [1.165, 1.54) is 31.4 Å². The lowest BCUT2D eigenvalue weighted by atomic mass is 9.93. The van der Waals surface area contributed by atoms with Crippen molar-refractivity contribution in [3.8, 4) is 11.5 Å². The minimum Gasteiger partial charge on any atom is -0.497 e. The maximum Gasteiger partial charge on any atom is 0.379 e. The highest BCUT2D eigenvalue weighted by Crippen LogP contribution is 2.30. The summed E-state index contributed by atoms with van der Waals surface area (Å²) in [4.78, 5) is 36.9. The zero-order valence-electron chi connectivity index (χ0n) is 19.5. The molecule has 0 saturated carbocycles. The number of ether oxygens (including phenoxy) is 3. The minimum atomic E-state index is -0.663. The van der Waals surface area contributed by atoms with Gasteiger partial charge in [-0.25, -0.2) is 15.0 Å². The number of fused-ring (bicyclic) bond motifs is 1. The Labute approximate surface area is 201 Å². The van der Waals surface area contributed by atoms with Crippen molar-refractivity contribution in [2.45, 2.75) is 26.2 Å². The Bertz CT molecular complexity index is 1290. The molecule has 180 valence electrons. The van der Waals surface area contributed by atoms with Crippen LogP contribution in [0.15, 0.2) is 58.0 Å². The van der Waals surface area contributed by atoms with Crippen molar-refractivity contribution in [2.24, 2.45) is 5.10 Å². The van der Waals surface area contributed by atoms with Crippen LogP contribution in [-0.2, 0) is 11.2 Å². The molecule has 0 bridgehead atoms. The topological polar surface area (TPSA) is 116 Å². The van der Waals surface area contributed by atoms with E-state index in [0.29, 0.717) is 52.3 Å². The Morgan fingerprint density at radius 2 is 1.54 bits per heavy atom. The van der Waals surface area contributed by atoms with Gasteiger partial charge in [-0.05, 0) is 68.3 Å². The summed E-state index contributed by atoms with van der Waals surface area (Å²) >= 11 is 0. The van der Waals surface area contributed by atoms with E-state index in [0.717, 1.165) is 6.42 Å². The van der Waals surface area contributed by atoms with Gasteiger partial charge in [0.2, 0.25) is 5.76 Å². The summed E-state index contributed by atoms with van der Waals surface area (Å²) in [6.07, 6.45) is 2.03. The van der Waals surface area contributed by atoms with Crippen molar-refractivity contribution in [3.05, 3.63) is 82.3 Å². The number of hydrazone groups is 1. The Hall–Kier alpha value is -4.40. The number of methoxy groups -OCH3 is 2. The van der Waals surface area contributed by atoms with Gasteiger partial charge >= 0.3 is 11.9 Å². The molecule has 1 N–H and O–H groups in total. The second-order valence-corrected chi connectivity index (χ2v) is 7.84. The lowest BCUT2D eigenvalue weighted by molar-refractivity contribution is 0.0600. The summed E-state index contributed by atoms with van der Waals surface area (Å²) in [5.41, 5.74) is 5.30. The Morgan fingerprint density at radius 3 is 2.20 bits per heavy atom. The Kier molecular flexibility index (Phi) is 6.96. The lowest BCUT2D eigenvalue weighted by Crippen LogP contribution is -2.22. The zero-order valence-corrected chi connectivity index (χ0v) is 19.5. The van der Waals surface area contributed by atoms with Crippen LogP contribution in [0.1, 0.15) is 61.0 Å². The van der Waals surface area contributed by atoms with Gasteiger partial charge in [0.15, 0.2) is 0 Å². The van der Waals surface area contributed by atoms with Crippen molar-refractivity contribution in [1.82, 2.24) is 5.43 Å². The number of hydrogen-bond donors (Lipinski definition) is 1. The van der Waals surface area contributed by atoms with Gasteiger partial charge in [0.1, 0.15) is 17.3 Å². The number of amides is 1. The minimum absolute atomic E-state index is 0.0723. The highest BCUT2D eigenvalue weighted by atomic mass is 16.5. The van der Waals surface area contributed by atoms with Crippen LogP contribution in [0, 0.1) is 6.92 Å². The largest absolute Gasteiger partial charge is 0.497 e. The molecule has 0 atom stereocenters. The van der Waals surface area contributed by atoms with Gasteiger partial charge in [0.25, 0.3) is 5.91 Å². The second-order valence-electron chi connectivity index (χ2n) is 7.84. The molecule has 0 saturated heterocycles. The molecule has 3 aromatic rings. The first-order chi connectivity index (χ1) is 16.9. The van der Waals surface area contributed by atoms with Crippen molar-refractivity contribution in [1.29, 1.82) is 0 Å². The first kappa shape index (κ1) is 23.7. The van der Waals surface area contributed by atoms with Crippen LogP contribution in [-0.4, -0.2) is 37.8 Å². The number of hydrogen-bond acceptors (Lipinski definition) is 8. The van der Waals surface area contributed by atoms with Gasteiger partial charge in [0.05, 0.1) is 25.5 Å². The number of carbonyl (C=O) groups is 3. The third-order valence-corrected chi connectivity index (χ3v) is 5.64. The van der Waals surface area contributed by atoms with E-state index in [9.17, 15) is 14.4 Å². The Balaban J connectivity index is 1.51. The monoisotopic (exact) mass is 476 g/mol. The quantitative estimate of drug-likeness (QED) is 0.324. The fourth-order valence-electron chi connectivity index (χ4n) is 3.83. The van der Waals surface area contributed by atoms with E-state index < -0.39 is 11.9 Å². The molecular formula is C26H24N2O7. The van der Waals surface area contributed by atoms with Gasteiger partial charge in [-0.15, -0.1) is 0 Å². The van der Waals surface area contributed by atoms with Gasteiger partial charge in [0, 0.05) is 23.1 Å². The van der Waals surface area contributed by atoms with E-state index >= 15 is 0 Å².